The minimum atomic E-state index is -0.424. The summed E-state index contributed by atoms with van der Waals surface area (Å²) in [5.41, 5.74) is 4.87. The van der Waals surface area contributed by atoms with Crippen molar-refractivity contribution >= 4 is 51.3 Å². The lowest BCUT2D eigenvalue weighted by Crippen LogP contribution is -2.09. The molecule has 0 bridgehead atoms. The fourth-order valence-electron chi connectivity index (χ4n) is 3.87. The Morgan fingerprint density at radius 3 is 2.65 bits per heavy atom. The fourth-order valence-corrected chi connectivity index (χ4v) is 4.38. The number of fused-ring (bicyclic) bond motifs is 1. The number of aryl methyl sites for hydroxylation is 1. The summed E-state index contributed by atoms with van der Waals surface area (Å²) in [5, 5.41) is 4.57. The van der Waals surface area contributed by atoms with Crippen LogP contribution in [0.3, 0.4) is 0 Å². The lowest BCUT2D eigenvalue weighted by Gasteiger charge is -2.15. The molecule has 4 aromatic rings. The van der Waals surface area contributed by atoms with Crippen LogP contribution in [0.5, 0.6) is 5.75 Å². The van der Waals surface area contributed by atoms with E-state index in [1.807, 2.05) is 32.9 Å². The largest absolute Gasteiger partial charge is 0.493 e. The second-order valence-electron chi connectivity index (χ2n) is 7.79. The zero-order chi connectivity index (χ0) is 24.4. The molecule has 0 aliphatic heterocycles. The highest BCUT2D eigenvalue weighted by Crippen LogP contribution is 2.42. The van der Waals surface area contributed by atoms with Gasteiger partial charge in [-0.3, -0.25) is 4.79 Å². The topological polar surface area (TPSA) is 51.5 Å². The normalized spacial score (nSPS) is 11.6. The van der Waals surface area contributed by atoms with Gasteiger partial charge < -0.3 is 14.5 Å². The van der Waals surface area contributed by atoms with Crippen LogP contribution in [0.25, 0.3) is 27.7 Å². The maximum atomic E-state index is 13.5. The average Bonchev–Trinajstić information content (AvgIpc) is 3.19. The Bertz CT molecular complexity index is 1430. The molecular weight excluding hydrogens is 476 g/mol. The van der Waals surface area contributed by atoms with Gasteiger partial charge in [0.25, 0.3) is 0 Å². The number of amides is 1. The summed E-state index contributed by atoms with van der Waals surface area (Å²) in [5.74, 6) is -0.173. The van der Waals surface area contributed by atoms with Crippen molar-refractivity contribution in [2.45, 2.75) is 20.8 Å². The third-order valence-corrected chi connectivity index (χ3v) is 5.97. The number of carbonyl (C=O) groups excluding carboxylic acids is 1. The number of rotatable bonds is 6. The lowest BCUT2D eigenvalue weighted by atomic mass is 9.96. The maximum Gasteiger partial charge on any atom is 0.248 e. The highest BCUT2D eigenvalue weighted by Gasteiger charge is 2.20. The first-order valence-electron chi connectivity index (χ1n) is 10.7. The van der Waals surface area contributed by atoms with Gasteiger partial charge in [-0.25, -0.2) is 4.39 Å². The van der Waals surface area contributed by atoms with Gasteiger partial charge >= 0.3 is 0 Å². The van der Waals surface area contributed by atoms with Crippen molar-refractivity contribution in [3.63, 3.8) is 0 Å². The molecule has 4 rings (SSSR count). The molecule has 7 heteroatoms. The molecule has 0 fully saturated rings. The second-order valence-corrected chi connectivity index (χ2v) is 8.63. The Hall–Kier alpha value is -3.28. The van der Waals surface area contributed by atoms with Crippen LogP contribution in [0.15, 0.2) is 65.3 Å². The van der Waals surface area contributed by atoms with E-state index in [1.165, 1.54) is 24.3 Å². The van der Waals surface area contributed by atoms with Crippen LogP contribution in [-0.2, 0) is 4.79 Å². The van der Waals surface area contributed by atoms with Crippen molar-refractivity contribution in [2.75, 3.05) is 11.9 Å². The molecule has 1 amide bonds. The van der Waals surface area contributed by atoms with Crippen molar-refractivity contribution in [2.24, 2.45) is 0 Å². The molecule has 174 valence electrons. The maximum absolute atomic E-state index is 13.5. The molecule has 1 heterocycles. The number of allylic oxidation sites excluding steroid dienone is 1. The minimum Gasteiger partial charge on any atom is -0.493 e. The van der Waals surface area contributed by atoms with Gasteiger partial charge in [0, 0.05) is 44.4 Å². The number of furan rings is 1. The number of hydrogen-bond acceptors (Lipinski definition) is 3. The van der Waals surface area contributed by atoms with Crippen LogP contribution in [0.1, 0.15) is 25.0 Å². The molecule has 3 aromatic carbocycles. The zero-order valence-corrected chi connectivity index (χ0v) is 20.4. The summed E-state index contributed by atoms with van der Waals surface area (Å²) in [4.78, 5) is 12.6. The number of anilines is 1. The SMILES string of the molecule is CCOc1c(/C(C)=C/C(=O)Nc2cccc(F)c2)cc2c(-c3ccc(Cl)cc3Cl)coc2c1C. The van der Waals surface area contributed by atoms with Crippen molar-refractivity contribution in [3.8, 4) is 16.9 Å². The summed E-state index contributed by atoms with van der Waals surface area (Å²) in [7, 11) is 0. The van der Waals surface area contributed by atoms with Crippen molar-refractivity contribution in [1.82, 2.24) is 0 Å². The van der Waals surface area contributed by atoms with E-state index >= 15 is 0 Å². The molecule has 1 aromatic heterocycles. The Morgan fingerprint density at radius 1 is 1.15 bits per heavy atom. The van der Waals surface area contributed by atoms with Gasteiger partial charge in [0.2, 0.25) is 5.91 Å². The van der Waals surface area contributed by atoms with Crippen molar-refractivity contribution in [1.29, 1.82) is 0 Å². The molecule has 1 N–H and O–H groups in total. The summed E-state index contributed by atoms with van der Waals surface area (Å²) in [6, 6.07) is 13.0. The van der Waals surface area contributed by atoms with E-state index < -0.39 is 5.82 Å². The molecule has 0 spiro atoms. The Kier molecular flexibility index (Phi) is 6.96. The van der Waals surface area contributed by atoms with Crippen molar-refractivity contribution in [3.05, 3.63) is 87.9 Å². The first-order chi connectivity index (χ1) is 16.3. The van der Waals surface area contributed by atoms with Gasteiger partial charge in [0.05, 0.1) is 17.9 Å². The first-order valence-corrected chi connectivity index (χ1v) is 11.4. The number of ether oxygens (including phenoxy) is 1. The number of nitrogens with one attached hydrogen (secondary N) is 1. The van der Waals surface area contributed by atoms with Gasteiger partial charge in [-0.1, -0.05) is 35.3 Å². The number of benzene rings is 3. The predicted molar refractivity (Wildman–Crippen MR) is 136 cm³/mol. The van der Waals surface area contributed by atoms with Gasteiger partial charge in [0.1, 0.15) is 17.1 Å². The molecular formula is C27H22Cl2FNO3. The van der Waals surface area contributed by atoms with E-state index in [0.29, 0.717) is 39.2 Å². The predicted octanol–water partition coefficient (Wildman–Crippen LogP) is 8.29. The van der Waals surface area contributed by atoms with E-state index in [9.17, 15) is 9.18 Å². The molecule has 0 aliphatic carbocycles. The van der Waals surface area contributed by atoms with Crippen LogP contribution < -0.4 is 10.1 Å². The molecule has 0 radical (unpaired) electrons. The molecule has 0 atom stereocenters. The van der Waals surface area contributed by atoms with Crippen molar-refractivity contribution < 1.29 is 18.3 Å². The zero-order valence-electron chi connectivity index (χ0n) is 18.8. The standard InChI is InChI=1S/C27H22Cl2FNO3/c1-4-33-26-16(3)27-22(23(14-34-27)20-9-8-17(28)11-24(20)29)13-21(26)15(2)10-25(32)31-19-7-5-6-18(30)12-19/h5-14H,4H2,1-3H3,(H,31,32)/b15-10+. The second kappa shape index (κ2) is 9.92. The van der Waals surface area contributed by atoms with E-state index in [4.69, 9.17) is 32.4 Å². The molecule has 4 nitrogen and oxygen atoms in total. The highest BCUT2D eigenvalue weighted by atomic mass is 35.5. The molecule has 0 saturated carbocycles. The number of carbonyl (C=O) groups is 1. The molecule has 34 heavy (non-hydrogen) atoms. The van der Waals surface area contributed by atoms with E-state index in [-0.39, 0.29) is 5.91 Å². The van der Waals surface area contributed by atoms with E-state index in [2.05, 4.69) is 5.32 Å². The minimum absolute atomic E-state index is 0.375. The van der Waals surface area contributed by atoms with Gasteiger partial charge in [-0.15, -0.1) is 0 Å². The molecule has 0 saturated heterocycles. The molecule has 0 aliphatic rings. The van der Waals surface area contributed by atoms with Crippen LogP contribution in [0.2, 0.25) is 10.0 Å². The average molecular weight is 498 g/mol. The number of hydrogen-bond donors (Lipinski definition) is 1. The van der Waals surface area contributed by atoms with Crippen LogP contribution in [-0.4, -0.2) is 12.5 Å². The summed E-state index contributed by atoms with van der Waals surface area (Å²) in [6.45, 7) is 6.07. The Balaban J connectivity index is 1.80. The Labute approximate surface area is 206 Å². The highest BCUT2D eigenvalue weighted by molar-refractivity contribution is 6.36. The quantitative estimate of drug-likeness (QED) is 0.272. The van der Waals surface area contributed by atoms with E-state index in [1.54, 1.807) is 24.5 Å². The Morgan fingerprint density at radius 2 is 1.94 bits per heavy atom. The van der Waals surface area contributed by atoms with Crippen LogP contribution in [0.4, 0.5) is 10.1 Å². The summed E-state index contributed by atoms with van der Waals surface area (Å²) < 4.78 is 25.3. The lowest BCUT2D eigenvalue weighted by molar-refractivity contribution is -0.111. The summed E-state index contributed by atoms with van der Waals surface area (Å²) in [6.07, 6.45) is 3.12. The van der Waals surface area contributed by atoms with Crippen LogP contribution >= 0.6 is 23.2 Å². The van der Waals surface area contributed by atoms with Gasteiger partial charge in [-0.2, -0.15) is 0 Å². The number of halogens is 3. The third-order valence-electron chi connectivity index (χ3n) is 5.42. The van der Waals surface area contributed by atoms with Crippen LogP contribution in [0, 0.1) is 12.7 Å². The van der Waals surface area contributed by atoms with Gasteiger partial charge in [-0.05, 0) is 62.7 Å². The smallest absolute Gasteiger partial charge is 0.248 e. The first kappa shape index (κ1) is 23.9. The summed E-state index contributed by atoms with van der Waals surface area (Å²) >= 11 is 12.5. The third kappa shape index (κ3) is 4.81. The fraction of sp³-hybridized carbons (Fsp3) is 0.148. The van der Waals surface area contributed by atoms with Gasteiger partial charge in [0.15, 0.2) is 0 Å². The van der Waals surface area contributed by atoms with E-state index in [0.717, 1.165) is 27.6 Å². The monoisotopic (exact) mass is 497 g/mol. The molecule has 0 unspecified atom stereocenters.